The minimum atomic E-state index is 0.708. The summed E-state index contributed by atoms with van der Waals surface area (Å²) in [5.74, 6) is 2.09. The van der Waals surface area contributed by atoms with Crippen LogP contribution in [0.5, 0.6) is 0 Å². The third kappa shape index (κ3) is 1.34. The van der Waals surface area contributed by atoms with Gasteiger partial charge in [0.05, 0.1) is 0 Å². The topological polar surface area (TPSA) is 18.5 Å². The van der Waals surface area contributed by atoms with Crippen LogP contribution in [0.1, 0.15) is 33.1 Å². The summed E-state index contributed by atoms with van der Waals surface area (Å²) < 4.78 is 11.3. The molecule has 0 spiro atoms. The van der Waals surface area contributed by atoms with E-state index in [1.807, 2.05) is 0 Å². The summed E-state index contributed by atoms with van der Waals surface area (Å²) >= 11 is 0. The molecule has 0 bridgehead atoms. The van der Waals surface area contributed by atoms with E-state index in [0.29, 0.717) is 13.2 Å². The first-order chi connectivity index (χ1) is 6.36. The van der Waals surface area contributed by atoms with Crippen molar-refractivity contribution in [1.82, 2.24) is 0 Å². The van der Waals surface area contributed by atoms with Crippen LogP contribution in [0.4, 0.5) is 0 Å². The van der Waals surface area contributed by atoms with E-state index in [1.165, 1.54) is 11.1 Å². The quantitative estimate of drug-likeness (QED) is 0.650. The van der Waals surface area contributed by atoms with Crippen LogP contribution in [0.15, 0.2) is 22.7 Å². The Labute approximate surface area is 79.2 Å². The predicted octanol–water partition coefficient (Wildman–Crippen LogP) is 2.77. The van der Waals surface area contributed by atoms with Crippen LogP contribution in [-0.2, 0) is 9.47 Å². The van der Waals surface area contributed by atoms with Crippen LogP contribution in [0.3, 0.4) is 0 Å². The Morgan fingerprint density at radius 1 is 0.923 bits per heavy atom. The van der Waals surface area contributed by atoms with E-state index in [0.717, 1.165) is 30.8 Å². The Morgan fingerprint density at radius 2 is 1.38 bits per heavy atom. The summed E-state index contributed by atoms with van der Waals surface area (Å²) in [5.41, 5.74) is 2.82. The Hall–Kier alpha value is -0.920. The van der Waals surface area contributed by atoms with E-state index in [4.69, 9.17) is 9.47 Å². The summed E-state index contributed by atoms with van der Waals surface area (Å²) in [6.07, 6.45) is 3.22. The maximum absolute atomic E-state index is 5.63. The van der Waals surface area contributed by atoms with Crippen molar-refractivity contribution in [1.29, 1.82) is 0 Å². The molecule has 72 valence electrons. The lowest BCUT2D eigenvalue weighted by Gasteiger charge is -2.20. The first-order valence-electron chi connectivity index (χ1n) is 5.06. The van der Waals surface area contributed by atoms with Crippen molar-refractivity contribution >= 4 is 0 Å². The lowest BCUT2D eigenvalue weighted by Crippen LogP contribution is -2.13. The molecule has 0 atom stereocenters. The maximum Gasteiger partial charge on any atom is 0.160 e. The SMILES string of the molecule is CCC1=C2OCCOC2=C(CC)C1. The molecule has 1 saturated heterocycles. The van der Waals surface area contributed by atoms with Crippen molar-refractivity contribution in [2.24, 2.45) is 0 Å². The van der Waals surface area contributed by atoms with Crippen LogP contribution in [0.2, 0.25) is 0 Å². The van der Waals surface area contributed by atoms with Gasteiger partial charge in [-0.25, -0.2) is 0 Å². The standard InChI is InChI=1S/C11H16O2/c1-3-8-7-9(4-2)11-10(8)12-5-6-13-11/h3-7H2,1-2H3. The number of hydrogen-bond acceptors (Lipinski definition) is 2. The molecular formula is C11H16O2. The number of ether oxygens (including phenoxy) is 2. The number of allylic oxidation sites excluding steroid dienone is 2. The summed E-state index contributed by atoms with van der Waals surface area (Å²) in [6, 6.07) is 0. The van der Waals surface area contributed by atoms with Gasteiger partial charge < -0.3 is 9.47 Å². The highest BCUT2D eigenvalue weighted by molar-refractivity contribution is 5.41. The Morgan fingerprint density at radius 3 is 1.77 bits per heavy atom. The first kappa shape index (κ1) is 8.67. The molecule has 2 heteroatoms. The van der Waals surface area contributed by atoms with Crippen LogP contribution < -0.4 is 0 Å². The van der Waals surface area contributed by atoms with Gasteiger partial charge in [0.15, 0.2) is 11.5 Å². The molecule has 0 amide bonds. The maximum atomic E-state index is 5.63. The van der Waals surface area contributed by atoms with Gasteiger partial charge in [-0.3, -0.25) is 0 Å². The number of rotatable bonds is 2. The molecule has 1 heterocycles. The van der Waals surface area contributed by atoms with Crippen molar-refractivity contribution in [3.63, 3.8) is 0 Å². The molecule has 13 heavy (non-hydrogen) atoms. The van der Waals surface area contributed by atoms with Gasteiger partial charge in [0, 0.05) is 0 Å². The van der Waals surface area contributed by atoms with Crippen molar-refractivity contribution in [3.8, 4) is 0 Å². The van der Waals surface area contributed by atoms with Crippen molar-refractivity contribution in [3.05, 3.63) is 22.7 Å². The third-order valence-corrected chi connectivity index (χ3v) is 2.70. The molecular weight excluding hydrogens is 164 g/mol. The molecule has 2 rings (SSSR count). The van der Waals surface area contributed by atoms with Gasteiger partial charge in [-0.2, -0.15) is 0 Å². The minimum Gasteiger partial charge on any atom is -0.486 e. The van der Waals surface area contributed by atoms with Crippen molar-refractivity contribution in [2.45, 2.75) is 33.1 Å². The van der Waals surface area contributed by atoms with Gasteiger partial charge in [0.25, 0.3) is 0 Å². The van der Waals surface area contributed by atoms with E-state index >= 15 is 0 Å². The first-order valence-corrected chi connectivity index (χ1v) is 5.06. The average Bonchev–Trinajstić information content (AvgIpc) is 2.56. The fourth-order valence-corrected chi connectivity index (χ4v) is 1.93. The Bertz CT molecular complexity index is 246. The highest BCUT2D eigenvalue weighted by atomic mass is 16.6. The minimum absolute atomic E-state index is 0.708. The van der Waals surface area contributed by atoms with Crippen molar-refractivity contribution in [2.75, 3.05) is 13.2 Å². The highest BCUT2D eigenvalue weighted by Gasteiger charge is 2.27. The third-order valence-electron chi connectivity index (χ3n) is 2.70. The number of hydrogen-bond donors (Lipinski definition) is 0. The van der Waals surface area contributed by atoms with Gasteiger partial charge in [-0.05, 0) is 30.4 Å². The van der Waals surface area contributed by atoms with Crippen LogP contribution in [-0.4, -0.2) is 13.2 Å². The summed E-state index contributed by atoms with van der Waals surface area (Å²) in [4.78, 5) is 0. The molecule has 0 aromatic heterocycles. The zero-order valence-corrected chi connectivity index (χ0v) is 8.35. The molecule has 0 aromatic carbocycles. The zero-order chi connectivity index (χ0) is 9.26. The predicted molar refractivity (Wildman–Crippen MR) is 51.2 cm³/mol. The summed E-state index contributed by atoms with van der Waals surface area (Å²) in [7, 11) is 0. The molecule has 2 aliphatic rings. The Balaban J connectivity index is 2.29. The summed E-state index contributed by atoms with van der Waals surface area (Å²) in [5, 5.41) is 0. The average molecular weight is 180 g/mol. The van der Waals surface area contributed by atoms with Crippen LogP contribution in [0, 0.1) is 0 Å². The second-order valence-corrected chi connectivity index (χ2v) is 3.45. The van der Waals surface area contributed by atoms with Crippen LogP contribution in [0.25, 0.3) is 0 Å². The molecule has 0 radical (unpaired) electrons. The second kappa shape index (κ2) is 3.44. The normalized spacial score (nSPS) is 21.4. The van der Waals surface area contributed by atoms with Gasteiger partial charge in [0.2, 0.25) is 0 Å². The fourth-order valence-electron chi connectivity index (χ4n) is 1.93. The molecule has 0 saturated carbocycles. The highest BCUT2D eigenvalue weighted by Crippen LogP contribution is 2.38. The van der Waals surface area contributed by atoms with Gasteiger partial charge in [-0.1, -0.05) is 13.8 Å². The summed E-state index contributed by atoms with van der Waals surface area (Å²) in [6.45, 7) is 5.77. The van der Waals surface area contributed by atoms with Gasteiger partial charge in [-0.15, -0.1) is 0 Å². The molecule has 0 aromatic rings. The van der Waals surface area contributed by atoms with E-state index < -0.39 is 0 Å². The molecule has 1 fully saturated rings. The lowest BCUT2D eigenvalue weighted by atomic mass is 10.1. The monoisotopic (exact) mass is 180 g/mol. The van der Waals surface area contributed by atoms with E-state index in [-0.39, 0.29) is 0 Å². The molecule has 1 aliphatic heterocycles. The fraction of sp³-hybridized carbons (Fsp3) is 0.636. The molecule has 0 unspecified atom stereocenters. The van der Waals surface area contributed by atoms with E-state index in [2.05, 4.69) is 13.8 Å². The van der Waals surface area contributed by atoms with E-state index in [1.54, 1.807) is 0 Å². The second-order valence-electron chi connectivity index (χ2n) is 3.45. The molecule has 0 N–H and O–H groups in total. The van der Waals surface area contributed by atoms with Crippen molar-refractivity contribution < 1.29 is 9.47 Å². The molecule has 2 nitrogen and oxygen atoms in total. The van der Waals surface area contributed by atoms with Crippen LogP contribution >= 0.6 is 0 Å². The van der Waals surface area contributed by atoms with E-state index in [9.17, 15) is 0 Å². The smallest absolute Gasteiger partial charge is 0.160 e. The zero-order valence-electron chi connectivity index (χ0n) is 8.35. The molecule has 1 aliphatic carbocycles. The van der Waals surface area contributed by atoms with Gasteiger partial charge in [0.1, 0.15) is 13.2 Å². The largest absolute Gasteiger partial charge is 0.486 e. The number of fused-ring (bicyclic) bond motifs is 1. The Kier molecular flexibility index (Phi) is 2.30. The lowest BCUT2D eigenvalue weighted by molar-refractivity contribution is 0.0585. The van der Waals surface area contributed by atoms with Gasteiger partial charge >= 0.3 is 0 Å².